The highest BCUT2D eigenvalue weighted by molar-refractivity contribution is 6.42. The minimum atomic E-state index is -4.63. The molecule has 0 unspecified atom stereocenters. The third kappa shape index (κ3) is 4.31. The van der Waals surface area contributed by atoms with E-state index in [-0.39, 0.29) is 11.5 Å². The molecule has 1 amide bonds. The maximum absolute atomic E-state index is 12.7. The molecule has 0 aliphatic rings. The van der Waals surface area contributed by atoms with Crippen molar-refractivity contribution in [3.63, 3.8) is 0 Å². The van der Waals surface area contributed by atoms with Crippen molar-refractivity contribution in [3.8, 4) is 0 Å². The molecule has 0 bridgehead atoms. The highest BCUT2D eigenvalue weighted by Crippen LogP contribution is 2.28. The summed E-state index contributed by atoms with van der Waals surface area (Å²) in [6, 6.07) is 7.46. The molecule has 0 aliphatic carbocycles. The number of hydrogen-bond acceptors (Lipinski definition) is 3. The summed E-state index contributed by atoms with van der Waals surface area (Å²) >= 11 is 11.9. The number of halogens is 5. The first-order valence-electron chi connectivity index (χ1n) is 7.95. The van der Waals surface area contributed by atoms with Gasteiger partial charge in [0.15, 0.2) is 11.5 Å². The van der Waals surface area contributed by atoms with Gasteiger partial charge in [0.1, 0.15) is 5.69 Å². The molecular formula is C17H14Cl2F3N5O. The number of hydrogen-bond donors (Lipinski definition) is 1. The molecule has 148 valence electrons. The van der Waals surface area contributed by atoms with E-state index in [0.29, 0.717) is 22.7 Å². The van der Waals surface area contributed by atoms with Gasteiger partial charge in [0, 0.05) is 24.9 Å². The van der Waals surface area contributed by atoms with Gasteiger partial charge in [0.25, 0.3) is 5.91 Å². The van der Waals surface area contributed by atoms with E-state index in [2.05, 4.69) is 15.5 Å². The van der Waals surface area contributed by atoms with Crippen molar-refractivity contribution in [2.45, 2.75) is 19.6 Å². The van der Waals surface area contributed by atoms with Gasteiger partial charge in [0.2, 0.25) is 0 Å². The molecule has 2 heterocycles. The van der Waals surface area contributed by atoms with E-state index in [4.69, 9.17) is 23.2 Å². The van der Waals surface area contributed by atoms with Crippen LogP contribution in [0.1, 0.15) is 27.4 Å². The normalized spacial score (nSPS) is 11.7. The number of anilines is 1. The number of carbonyl (C=O) groups is 1. The van der Waals surface area contributed by atoms with Crippen LogP contribution in [-0.4, -0.2) is 25.5 Å². The highest BCUT2D eigenvalue weighted by Gasteiger charge is 2.35. The van der Waals surface area contributed by atoms with Gasteiger partial charge in [-0.05, 0) is 24.6 Å². The second-order valence-corrected chi connectivity index (χ2v) is 6.88. The number of nitrogens with zero attached hydrogens (tertiary/aromatic N) is 4. The Kier molecular flexibility index (Phi) is 5.40. The molecule has 1 N–H and O–H groups in total. The van der Waals surface area contributed by atoms with E-state index < -0.39 is 17.8 Å². The zero-order chi connectivity index (χ0) is 20.6. The quantitative estimate of drug-likeness (QED) is 0.658. The summed E-state index contributed by atoms with van der Waals surface area (Å²) in [5.74, 6) is -0.540. The summed E-state index contributed by atoms with van der Waals surface area (Å²) < 4.78 is 40.7. The first-order chi connectivity index (χ1) is 13.0. The molecule has 0 saturated heterocycles. The maximum atomic E-state index is 12.7. The Hall–Kier alpha value is -2.52. The summed E-state index contributed by atoms with van der Waals surface area (Å²) in [6.45, 7) is 2.16. The van der Waals surface area contributed by atoms with Crippen molar-refractivity contribution in [2.75, 3.05) is 5.32 Å². The van der Waals surface area contributed by atoms with Crippen LogP contribution >= 0.6 is 23.2 Å². The molecule has 0 radical (unpaired) electrons. The molecule has 1 aromatic carbocycles. The predicted octanol–water partition coefficient (Wildman–Crippen LogP) is 4.55. The van der Waals surface area contributed by atoms with E-state index in [0.717, 1.165) is 15.9 Å². The van der Waals surface area contributed by atoms with Gasteiger partial charge in [-0.3, -0.25) is 14.2 Å². The smallest absolute Gasteiger partial charge is 0.304 e. The van der Waals surface area contributed by atoms with Crippen LogP contribution in [0.3, 0.4) is 0 Å². The zero-order valence-corrected chi connectivity index (χ0v) is 16.2. The largest absolute Gasteiger partial charge is 0.435 e. The standard InChI is InChI=1S/C17H14Cl2F3N5O/c1-9-5-15(25-27(9)8-10-3-4-11(18)12(19)6-10)23-16(28)13-7-14(17(20,21)22)24-26(13)2/h3-7H,8H2,1-2H3,(H,23,25,28). The number of aryl methyl sites for hydroxylation is 2. The Labute approximate surface area is 167 Å². The van der Waals surface area contributed by atoms with Crippen LogP contribution in [0.2, 0.25) is 10.0 Å². The number of carbonyl (C=O) groups excluding carboxylic acids is 1. The summed E-state index contributed by atoms with van der Waals surface area (Å²) in [5, 5.41) is 10.9. The van der Waals surface area contributed by atoms with Gasteiger partial charge >= 0.3 is 6.18 Å². The summed E-state index contributed by atoms with van der Waals surface area (Å²) in [7, 11) is 1.26. The number of aromatic nitrogens is 4. The first kappa shape index (κ1) is 20.2. The monoisotopic (exact) mass is 431 g/mol. The van der Waals surface area contributed by atoms with E-state index in [9.17, 15) is 18.0 Å². The van der Waals surface area contributed by atoms with Crippen LogP contribution in [0.5, 0.6) is 0 Å². The molecule has 3 aromatic rings. The van der Waals surface area contributed by atoms with Crippen LogP contribution in [0, 0.1) is 6.92 Å². The lowest BCUT2D eigenvalue weighted by molar-refractivity contribution is -0.141. The molecular weight excluding hydrogens is 418 g/mol. The third-order valence-electron chi connectivity index (χ3n) is 3.94. The average Bonchev–Trinajstić information content (AvgIpc) is 3.14. The van der Waals surface area contributed by atoms with Gasteiger partial charge in [-0.25, -0.2) is 0 Å². The molecule has 6 nitrogen and oxygen atoms in total. The fourth-order valence-corrected chi connectivity index (χ4v) is 2.86. The molecule has 0 fully saturated rings. The zero-order valence-electron chi connectivity index (χ0n) is 14.7. The van der Waals surface area contributed by atoms with E-state index in [1.807, 2.05) is 0 Å². The van der Waals surface area contributed by atoms with Gasteiger partial charge in [-0.15, -0.1) is 0 Å². The summed E-state index contributed by atoms with van der Waals surface area (Å²) in [6.07, 6.45) is -4.63. The lowest BCUT2D eigenvalue weighted by Gasteiger charge is -2.06. The maximum Gasteiger partial charge on any atom is 0.435 e. The average molecular weight is 432 g/mol. The second kappa shape index (κ2) is 7.48. The fraction of sp³-hybridized carbons (Fsp3) is 0.235. The number of rotatable bonds is 4. The molecule has 11 heteroatoms. The molecule has 0 saturated carbocycles. The van der Waals surface area contributed by atoms with Crippen molar-refractivity contribution in [3.05, 3.63) is 63.0 Å². The van der Waals surface area contributed by atoms with Crippen molar-refractivity contribution >= 4 is 34.9 Å². The first-order valence-corrected chi connectivity index (χ1v) is 8.71. The van der Waals surface area contributed by atoms with E-state index in [1.54, 1.807) is 35.9 Å². The minimum Gasteiger partial charge on any atom is -0.304 e. The molecule has 0 atom stereocenters. The van der Waals surface area contributed by atoms with Crippen molar-refractivity contribution in [2.24, 2.45) is 7.05 Å². The topological polar surface area (TPSA) is 64.7 Å². The molecule has 2 aromatic heterocycles. The number of nitrogens with one attached hydrogen (secondary N) is 1. The molecule has 28 heavy (non-hydrogen) atoms. The lowest BCUT2D eigenvalue weighted by atomic mass is 10.2. The Morgan fingerprint density at radius 3 is 2.46 bits per heavy atom. The van der Waals surface area contributed by atoms with E-state index >= 15 is 0 Å². The number of benzene rings is 1. The van der Waals surface area contributed by atoms with E-state index in [1.165, 1.54) is 7.05 Å². The van der Waals surface area contributed by atoms with Gasteiger partial charge in [-0.1, -0.05) is 29.3 Å². The molecule has 3 rings (SSSR count). The Morgan fingerprint density at radius 2 is 1.86 bits per heavy atom. The minimum absolute atomic E-state index is 0.206. The Morgan fingerprint density at radius 1 is 1.14 bits per heavy atom. The van der Waals surface area contributed by atoms with Gasteiger partial charge < -0.3 is 5.32 Å². The van der Waals surface area contributed by atoms with Gasteiger partial charge in [0.05, 0.1) is 16.6 Å². The SMILES string of the molecule is Cc1cc(NC(=O)c2cc(C(F)(F)F)nn2C)nn1Cc1ccc(Cl)c(Cl)c1. The van der Waals surface area contributed by atoms with Crippen LogP contribution < -0.4 is 5.32 Å². The fourth-order valence-electron chi connectivity index (χ4n) is 2.54. The van der Waals surface area contributed by atoms with Crippen LogP contribution in [-0.2, 0) is 19.8 Å². The van der Waals surface area contributed by atoms with Crippen LogP contribution in [0.25, 0.3) is 0 Å². The summed E-state index contributed by atoms with van der Waals surface area (Å²) in [5.41, 5.74) is 0.216. The number of amides is 1. The van der Waals surface area contributed by atoms with Crippen molar-refractivity contribution in [1.29, 1.82) is 0 Å². The second-order valence-electron chi connectivity index (χ2n) is 6.07. The van der Waals surface area contributed by atoms with Crippen molar-refractivity contribution in [1.82, 2.24) is 19.6 Å². The lowest BCUT2D eigenvalue weighted by Crippen LogP contribution is -2.16. The van der Waals surface area contributed by atoms with Crippen molar-refractivity contribution < 1.29 is 18.0 Å². The van der Waals surface area contributed by atoms with Gasteiger partial charge in [-0.2, -0.15) is 23.4 Å². The predicted molar refractivity (Wildman–Crippen MR) is 98.7 cm³/mol. The highest BCUT2D eigenvalue weighted by atomic mass is 35.5. The molecule has 0 aliphatic heterocycles. The molecule has 0 spiro atoms. The Balaban J connectivity index is 1.77. The van der Waals surface area contributed by atoms with Crippen LogP contribution in [0.15, 0.2) is 30.3 Å². The van der Waals surface area contributed by atoms with Crippen LogP contribution in [0.4, 0.5) is 19.0 Å². The third-order valence-corrected chi connectivity index (χ3v) is 4.68. The summed E-state index contributed by atoms with van der Waals surface area (Å²) in [4.78, 5) is 12.3. The Bertz CT molecular complexity index is 1040. The number of alkyl halides is 3.